The van der Waals surface area contributed by atoms with E-state index in [-0.39, 0.29) is 29.6 Å². The van der Waals surface area contributed by atoms with Crippen molar-refractivity contribution in [2.75, 3.05) is 54.1 Å². The summed E-state index contributed by atoms with van der Waals surface area (Å²) < 4.78 is 16.9. The SMILES string of the molecule is CN=C(NCc1cccc(OCCN(C)C2CCOCC2)c1)NCC(C)(C)OC.I. The summed E-state index contributed by atoms with van der Waals surface area (Å²) in [4.78, 5) is 6.65. The maximum atomic E-state index is 5.98. The molecule has 0 amide bonds. The molecule has 0 saturated carbocycles. The van der Waals surface area contributed by atoms with Crippen LogP contribution in [0.25, 0.3) is 0 Å². The first-order chi connectivity index (χ1) is 13.9. The number of hydrogen-bond donors (Lipinski definition) is 2. The summed E-state index contributed by atoms with van der Waals surface area (Å²) in [6.07, 6.45) is 2.21. The molecular weight excluding hydrogens is 495 g/mol. The van der Waals surface area contributed by atoms with Crippen molar-refractivity contribution in [3.63, 3.8) is 0 Å². The number of aliphatic imine (C=N–C) groups is 1. The van der Waals surface area contributed by atoms with E-state index in [1.165, 1.54) is 0 Å². The van der Waals surface area contributed by atoms with Crippen LogP contribution in [0.3, 0.4) is 0 Å². The predicted molar refractivity (Wildman–Crippen MR) is 133 cm³/mol. The molecule has 0 unspecified atom stereocenters. The molecule has 1 aliphatic rings. The highest BCUT2D eigenvalue weighted by Gasteiger charge is 2.18. The second-order valence-corrected chi connectivity index (χ2v) is 8.06. The predicted octanol–water partition coefficient (Wildman–Crippen LogP) is 2.88. The minimum Gasteiger partial charge on any atom is -0.492 e. The maximum Gasteiger partial charge on any atom is 0.191 e. The Kier molecular flexibility index (Phi) is 12.6. The van der Waals surface area contributed by atoms with Crippen LogP contribution in [0.15, 0.2) is 29.3 Å². The molecule has 0 spiro atoms. The lowest BCUT2D eigenvalue weighted by molar-refractivity contribution is 0.0268. The van der Waals surface area contributed by atoms with Crippen molar-refractivity contribution in [3.8, 4) is 5.75 Å². The Bertz CT molecular complexity index is 637. The molecule has 1 fully saturated rings. The quantitative estimate of drug-likeness (QED) is 0.274. The number of methoxy groups -OCH3 is 1. The molecule has 172 valence electrons. The molecule has 0 radical (unpaired) electrons. The molecule has 30 heavy (non-hydrogen) atoms. The fourth-order valence-corrected chi connectivity index (χ4v) is 3.14. The van der Waals surface area contributed by atoms with E-state index in [4.69, 9.17) is 14.2 Å². The summed E-state index contributed by atoms with van der Waals surface area (Å²) in [7, 11) is 5.65. The molecule has 1 aromatic carbocycles. The normalized spacial score (nSPS) is 15.6. The summed E-state index contributed by atoms with van der Waals surface area (Å²) in [5.41, 5.74) is 0.901. The highest BCUT2D eigenvalue weighted by molar-refractivity contribution is 14.0. The third-order valence-corrected chi connectivity index (χ3v) is 5.34. The van der Waals surface area contributed by atoms with E-state index in [0.717, 1.165) is 49.9 Å². The number of nitrogens with zero attached hydrogens (tertiary/aromatic N) is 2. The van der Waals surface area contributed by atoms with Gasteiger partial charge in [-0.2, -0.15) is 0 Å². The lowest BCUT2D eigenvalue weighted by Gasteiger charge is -2.31. The van der Waals surface area contributed by atoms with Crippen LogP contribution in [0.4, 0.5) is 0 Å². The molecule has 7 nitrogen and oxygen atoms in total. The van der Waals surface area contributed by atoms with E-state index < -0.39 is 0 Å². The van der Waals surface area contributed by atoms with Gasteiger partial charge < -0.3 is 24.8 Å². The highest BCUT2D eigenvalue weighted by atomic mass is 127. The van der Waals surface area contributed by atoms with E-state index in [1.54, 1.807) is 14.2 Å². The van der Waals surface area contributed by atoms with E-state index in [1.807, 2.05) is 26.0 Å². The molecule has 0 bridgehead atoms. The monoisotopic (exact) mass is 534 g/mol. The van der Waals surface area contributed by atoms with Crippen LogP contribution < -0.4 is 15.4 Å². The van der Waals surface area contributed by atoms with Gasteiger partial charge in [0.15, 0.2) is 5.96 Å². The average molecular weight is 534 g/mol. The number of nitrogens with one attached hydrogen (secondary N) is 2. The number of guanidine groups is 1. The zero-order valence-electron chi connectivity index (χ0n) is 19.1. The molecule has 2 N–H and O–H groups in total. The molecular formula is C22H39IN4O3. The van der Waals surface area contributed by atoms with Crippen LogP contribution in [0.5, 0.6) is 5.75 Å². The summed E-state index contributed by atoms with van der Waals surface area (Å²) >= 11 is 0. The Labute approximate surface area is 199 Å². The van der Waals surface area contributed by atoms with Gasteiger partial charge in [-0.1, -0.05) is 12.1 Å². The minimum atomic E-state index is -0.247. The maximum absolute atomic E-state index is 5.98. The highest BCUT2D eigenvalue weighted by Crippen LogP contribution is 2.15. The van der Waals surface area contributed by atoms with Gasteiger partial charge in [0.25, 0.3) is 0 Å². The standard InChI is InChI=1S/C22H38N4O3.HI/c1-22(2,27-5)17-25-21(23-3)24-16-18-7-6-8-20(15-18)29-14-11-26(4)19-9-12-28-13-10-19;/h6-8,15,19H,9-14,16-17H2,1-5H3,(H2,23,24,25);1H. The lowest BCUT2D eigenvalue weighted by Crippen LogP contribution is -2.45. The van der Waals surface area contributed by atoms with Crippen molar-refractivity contribution >= 4 is 29.9 Å². The van der Waals surface area contributed by atoms with Gasteiger partial charge in [0.2, 0.25) is 0 Å². The van der Waals surface area contributed by atoms with Crippen molar-refractivity contribution in [2.45, 2.75) is 44.9 Å². The van der Waals surface area contributed by atoms with Crippen LogP contribution in [-0.2, 0) is 16.0 Å². The molecule has 1 heterocycles. The van der Waals surface area contributed by atoms with Crippen molar-refractivity contribution < 1.29 is 14.2 Å². The molecule has 1 saturated heterocycles. The molecule has 0 aliphatic carbocycles. The van der Waals surface area contributed by atoms with Gasteiger partial charge in [-0.25, -0.2) is 0 Å². The van der Waals surface area contributed by atoms with Gasteiger partial charge in [0.05, 0.1) is 5.60 Å². The summed E-state index contributed by atoms with van der Waals surface area (Å²) in [5.74, 6) is 1.65. The van der Waals surface area contributed by atoms with Crippen molar-refractivity contribution in [3.05, 3.63) is 29.8 Å². The van der Waals surface area contributed by atoms with E-state index in [0.29, 0.717) is 25.7 Å². The van der Waals surface area contributed by atoms with Gasteiger partial charge in [0, 0.05) is 53.0 Å². The molecule has 2 rings (SSSR count). The summed E-state index contributed by atoms with van der Waals surface area (Å²) in [5, 5.41) is 6.63. The molecule has 1 aromatic rings. The molecule has 1 aliphatic heterocycles. The number of ether oxygens (including phenoxy) is 3. The number of halogens is 1. The zero-order chi connectivity index (χ0) is 21.1. The largest absolute Gasteiger partial charge is 0.492 e. The number of benzene rings is 1. The van der Waals surface area contributed by atoms with Crippen LogP contribution in [-0.4, -0.2) is 76.6 Å². The van der Waals surface area contributed by atoms with Gasteiger partial charge in [-0.3, -0.25) is 9.89 Å². The van der Waals surface area contributed by atoms with Crippen LogP contribution in [0.2, 0.25) is 0 Å². The van der Waals surface area contributed by atoms with Gasteiger partial charge in [0.1, 0.15) is 12.4 Å². The Morgan fingerprint density at radius 3 is 2.67 bits per heavy atom. The van der Waals surface area contributed by atoms with E-state index >= 15 is 0 Å². The van der Waals surface area contributed by atoms with Crippen LogP contribution in [0.1, 0.15) is 32.3 Å². The third kappa shape index (κ3) is 9.80. The Morgan fingerprint density at radius 1 is 1.27 bits per heavy atom. The number of rotatable bonds is 10. The van der Waals surface area contributed by atoms with E-state index in [2.05, 4.69) is 39.7 Å². The second kappa shape index (κ2) is 14.1. The fourth-order valence-electron chi connectivity index (χ4n) is 3.14. The first-order valence-electron chi connectivity index (χ1n) is 10.4. The molecule has 0 aromatic heterocycles. The second-order valence-electron chi connectivity index (χ2n) is 8.06. The van der Waals surface area contributed by atoms with Gasteiger partial charge in [-0.15, -0.1) is 24.0 Å². The summed E-state index contributed by atoms with van der Waals surface area (Å²) in [6.45, 7) is 8.75. The van der Waals surface area contributed by atoms with Crippen molar-refractivity contribution in [1.82, 2.24) is 15.5 Å². The van der Waals surface area contributed by atoms with Gasteiger partial charge in [-0.05, 0) is 51.4 Å². The fraction of sp³-hybridized carbons (Fsp3) is 0.682. The molecule has 8 heteroatoms. The topological polar surface area (TPSA) is 67.4 Å². The minimum absolute atomic E-state index is 0. The van der Waals surface area contributed by atoms with Crippen molar-refractivity contribution in [1.29, 1.82) is 0 Å². The number of likely N-dealkylation sites (N-methyl/N-ethyl adjacent to an activating group) is 1. The Balaban J connectivity index is 0.00000450. The number of hydrogen-bond acceptors (Lipinski definition) is 5. The summed E-state index contributed by atoms with van der Waals surface area (Å²) in [6, 6.07) is 8.80. The van der Waals surface area contributed by atoms with E-state index in [9.17, 15) is 0 Å². The van der Waals surface area contributed by atoms with Crippen LogP contribution in [0, 0.1) is 0 Å². The lowest BCUT2D eigenvalue weighted by atomic mass is 10.1. The Morgan fingerprint density at radius 2 is 2.00 bits per heavy atom. The van der Waals surface area contributed by atoms with Crippen LogP contribution >= 0.6 is 24.0 Å². The average Bonchev–Trinajstić information content (AvgIpc) is 2.74. The van der Waals surface area contributed by atoms with Gasteiger partial charge >= 0.3 is 0 Å². The first-order valence-corrected chi connectivity index (χ1v) is 10.4. The van der Waals surface area contributed by atoms with Crippen molar-refractivity contribution in [2.24, 2.45) is 4.99 Å². The first kappa shape index (κ1) is 26.9. The third-order valence-electron chi connectivity index (χ3n) is 5.34. The molecule has 0 atom stereocenters. The smallest absolute Gasteiger partial charge is 0.191 e. The Hall–Kier alpha value is -1.10. The zero-order valence-corrected chi connectivity index (χ0v) is 21.4.